The number of amides is 1. The first-order chi connectivity index (χ1) is 9.70. The van der Waals surface area contributed by atoms with Gasteiger partial charge in [0.2, 0.25) is 5.91 Å². The van der Waals surface area contributed by atoms with Gasteiger partial charge in [0.05, 0.1) is 23.9 Å². The monoisotopic (exact) mass is 336 g/mol. The summed E-state index contributed by atoms with van der Waals surface area (Å²) in [4.78, 5) is 11.8. The standard InChI is InChI=1S/C13H17ClN2O4.ClH/c1-18-3-2-15-8-13(17)16-10-7-12-11(6-9(10)14)19-4-5-20-12;/h6-7,15H,2-5,8H2,1H3,(H,16,17);1H. The summed E-state index contributed by atoms with van der Waals surface area (Å²) in [6, 6.07) is 3.31. The molecule has 1 aromatic rings. The predicted molar refractivity (Wildman–Crippen MR) is 83.1 cm³/mol. The van der Waals surface area contributed by atoms with Gasteiger partial charge in [0, 0.05) is 25.8 Å². The first-order valence-corrected chi connectivity index (χ1v) is 6.67. The van der Waals surface area contributed by atoms with E-state index in [4.69, 9.17) is 25.8 Å². The van der Waals surface area contributed by atoms with E-state index in [1.165, 1.54) is 0 Å². The minimum atomic E-state index is -0.181. The van der Waals surface area contributed by atoms with Crippen molar-refractivity contribution in [3.63, 3.8) is 0 Å². The average molecular weight is 337 g/mol. The van der Waals surface area contributed by atoms with Crippen LogP contribution in [-0.4, -0.2) is 45.9 Å². The Morgan fingerprint density at radius 3 is 2.67 bits per heavy atom. The molecule has 0 atom stereocenters. The number of carbonyl (C=O) groups is 1. The fraction of sp³-hybridized carbons (Fsp3) is 0.462. The molecule has 1 aliphatic rings. The van der Waals surface area contributed by atoms with Crippen molar-refractivity contribution in [3.8, 4) is 11.5 Å². The molecule has 0 spiro atoms. The van der Waals surface area contributed by atoms with Crippen molar-refractivity contribution in [2.24, 2.45) is 0 Å². The van der Waals surface area contributed by atoms with E-state index in [1.54, 1.807) is 19.2 Å². The van der Waals surface area contributed by atoms with Gasteiger partial charge in [0.1, 0.15) is 13.2 Å². The Balaban J connectivity index is 0.00000220. The molecule has 2 rings (SSSR count). The Kier molecular flexibility index (Phi) is 7.60. The van der Waals surface area contributed by atoms with Crippen molar-refractivity contribution in [1.29, 1.82) is 0 Å². The highest BCUT2D eigenvalue weighted by Gasteiger charge is 2.16. The van der Waals surface area contributed by atoms with E-state index in [-0.39, 0.29) is 24.9 Å². The molecule has 1 heterocycles. The van der Waals surface area contributed by atoms with Crippen molar-refractivity contribution >= 4 is 35.6 Å². The summed E-state index contributed by atoms with van der Waals surface area (Å²) in [5.41, 5.74) is 0.509. The van der Waals surface area contributed by atoms with E-state index in [0.29, 0.717) is 48.6 Å². The SMILES string of the molecule is COCCNCC(=O)Nc1cc2c(cc1Cl)OCCO2.Cl. The summed E-state index contributed by atoms with van der Waals surface area (Å²) in [5.74, 6) is 1.00. The number of hydrogen-bond donors (Lipinski definition) is 2. The highest BCUT2D eigenvalue weighted by molar-refractivity contribution is 6.34. The second-order valence-electron chi connectivity index (χ2n) is 4.19. The van der Waals surface area contributed by atoms with Gasteiger partial charge in [-0.1, -0.05) is 11.6 Å². The molecule has 0 saturated carbocycles. The molecule has 0 radical (unpaired) electrons. The largest absolute Gasteiger partial charge is 0.486 e. The van der Waals surface area contributed by atoms with Crippen LogP contribution in [0.25, 0.3) is 0 Å². The molecular formula is C13H18Cl2N2O4. The zero-order valence-corrected chi connectivity index (χ0v) is 13.2. The lowest BCUT2D eigenvalue weighted by molar-refractivity contribution is -0.115. The summed E-state index contributed by atoms with van der Waals surface area (Å²) in [6.07, 6.45) is 0. The molecule has 0 aromatic heterocycles. The first-order valence-electron chi connectivity index (χ1n) is 6.29. The van der Waals surface area contributed by atoms with Crippen LogP contribution < -0.4 is 20.1 Å². The molecule has 0 aliphatic carbocycles. The summed E-state index contributed by atoms with van der Waals surface area (Å²) in [6.45, 7) is 2.34. The second-order valence-corrected chi connectivity index (χ2v) is 4.60. The fourth-order valence-electron chi connectivity index (χ4n) is 1.73. The topological polar surface area (TPSA) is 68.8 Å². The number of halogens is 2. The zero-order valence-electron chi connectivity index (χ0n) is 11.6. The molecule has 0 saturated heterocycles. The number of anilines is 1. The molecule has 6 nitrogen and oxygen atoms in total. The van der Waals surface area contributed by atoms with Crippen LogP contribution in [0.4, 0.5) is 5.69 Å². The molecule has 0 fully saturated rings. The second kappa shape index (κ2) is 8.94. The third-order valence-electron chi connectivity index (χ3n) is 2.67. The summed E-state index contributed by atoms with van der Waals surface area (Å²) in [5, 5.41) is 6.10. The highest BCUT2D eigenvalue weighted by Crippen LogP contribution is 2.37. The van der Waals surface area contributed by atoms with Crippen LogP contribution in [-0.2, 0) is 9.53 Å². The maximum Gasteiger partial charge on any atom is 0.238 e. The van der Waals surface area contributed by atoms with Gasteiger partial charge in [-0.3, -0.25) is 4.79 Å². The summed E-state index contributed by atoms with van der Waals surface area (Å²) in [7, 11) is 1.61. The number of fused-ring (bicyclic) bond motifs is 1. The molecule has 2 N–H and O–H groups in total. The predicted octanol–water partition coefficient (Wildman–Crippen LogP) is 1.71. The fourth-order valence-corrected chi connectivity index (χ4v) is 1.93. The first kappa shape index (κ1) is 17.8. The van der Waals surface area contributed by atoms with Crippen molar-refractivity contribution < 1.29 is 19.0 Å². The van der Waals surface area contributed by atoms with Crippen LogP contribution in [0.5, 0.6) is 11.5 Å². The molecule has 21 heavy (non-hydrogen) atoms. The molecule has 118 valence electrons. The number of benzene rings is 1. The van der Waals surface area contributed by atoms with Crippen molar-refractivity contribution in [2.45, 2.75) is 0 Å². The summed E-state index contributed by atoms with van der Waals surface area (Å²) < 4.78 is 15.7. The van der Waals surface area contributed by atoms with Gasteiger partial charge < -0.3 is 24.8 Å². The van der Waals surface area contributed by atoms with E-state index in [1.807, 2.05) is 0 Å². The van der Waals surface area contributed by atoms with E-state index in [2.05, 4.69) is 10.6 Å². The molecule has 1 aliphatic heterocycles. The third-order valence-corrected chi connectivity index (χ3v) is 2.99. The van der Waals surface area contributed by atoms with Crippen LogP contribution in [0.3, 0.4) is 0 Å². The van der Waals surface area contributed by atoms with Crippen LogP contribution in [0.15, 0.2) is 12.1 Å². The smallest absolute Gasteiger partial charge is 0.238 e. The van der Waals surface area contributed by atoms with E-state index in [9.17, 15) is 4.79 Å². The Labute approximate surface area is 134 Å². The number of rotatable bonds is 6. The van der Waals surface area contributed by atoms with E-state index >= 15 is 0 Å². The Bertz CT molecular complexity index is 485. The van der Waals surface area contributed by atoms with Gasteiger partial charge in [-0.05, 0) is 0 Å². The minimum Gasteiger partial charge on any atom is -0.486 e. The quantitative estimate of drug-likeness (QED) is 0.774. The zero-order chi connectivity index (χ0) is 14.4. The maximum absolute atomic E-state index is 11.8. The number of ether oxygens (including phenoxy) is 3. The third kappa shape index (κ3) is 5.24. The Hall–Kier alpha value is -1.21. The highest BCUT2D eigenvalue weighted by atomic mass is 35.5. The van der Waals surface area contributed by atoms with Crippen molar-refractivity contribution in [1.82, 2.24) is 5.32 Å². The van der Waals surface area contributed by atoms with Gasteiger partial charge in [-0.2, -0.15) is 0 Å². The van der Waals surface area contributed by atoms with Gasteiger partial charge in [0.25, 0.3) is 0 Å². The molecule has 1 amide bonds. The molecule has 1 aromatic carbocycles. The van der Waals surface area contributed by atoms with Gasteiger partial charge in [-0.15, -0.1) is 12.4 Å². The van der Waals surface area contributed by atoms with Crippen LogP contribution in [0, 0.1) is 0 Å². The van der Waals surface area contributed by atoms with Crippen LogP contribution in [0.2, 0.25) is 5.02 Å². The van der Waals surface area contributed by atoms with E-state index in [0.717, 1.165) is 0 Å². The maximum atomic E-state index is 11.8. The lowest BCUT2D eigenvalue weighted by Gasteiger charge is -2.20. The van der Waals surface area contributed by atoms with Gasteiger partial charge >= 0.3 is 0 Å². The molecule has 8 heteroatoms. The number of carbonyl (C=O) groups excluding carboxylic acids is 1. The van der Waals surface area contributed by atoms with Gasteiger partial charge in [0.15, 0.2) is 11.5 Å². The number of hydrogen-bond acceptors (Lipinski definition) is 5. The van der Waals surface area contributed by atoms with Gasteiger partial charge in [-0.25, -0.2) is 0 Å². The summed E-state index contributed by atoms with van der Waals surface area (Å²) >= 11 is 6.10. The van der Waals surface area contributed by atoms with Crippen LogP contribution >= 0.6 is 24.0 Å². The molecular weight excluding hydrogens is 319 g/mol. The van der Waals surface area contributed by atoms with E-state index < -0.39 is 0 Å². The number of methoxy groups -OCH3 is 1. The lowest BCUT2D eigenvalue weighted by Crippen LogP contribution is -2.30. The lowest BCUT2D eigenvalue weighted by atomic mass is 10.2. The van der Waals surface area contributed by atoms with Crippen molar-refractivity contribution in [2.75, 3.05) is 45.3 Å². The van der Waals surface area contributed by atoms with Crippen LogP contribution in [0.1, 0.15) is 0 Å². The number of nitrogens with one attached hydrogen (secondary N) is 2. The molecule has 0 bridgehead atoms. The Morgan fingerprint density at radius 1 is 1.33 bits per heavy atom. The van der Waals surface area contributed by atoms with Crippen molar-refractivity contribution in [3.05, 3.63) is 17.2 Å². The Morgan fingerprint density at radius 2 is 2.00 bits per heavy atom. The average Bonchev–Trinajstić information content (AvgIpc) is 2.44. The minimum absolute atomic E-state index is 0. The normalized spacial score (nSPS) is 12.5. The molecule has 0 unspecified atom stereocenters.